The van der Waals surface area contributed by atoms with E-state index in [9.17, 15) is 0 Å². The zero-order valence-electron chi connectivity index (χ0n) is 8.92. The first kappa shape index (κ1) is 9.47. The van der Waals surface area contributed by atoms with E-state index in [1.54, 1.807) is 0 Å². The summed E-state index contributed by atoms with van der Waals surface area (Å²) in [4.78, 5) is 2.68. The molecule has 2 fully saturated rings. The van der Waals surface area contributed by atoms with E-state index >= 15 is 0 Å². The van der Waals surface area contributed by atoms with Crippen LogP contribution in [-0.4, -0.2) is 36.1 Å². The zero-order valence-corrected chi connectivity index (χ0v) is 8.92. The highest BCUT2D eigenvalue weighted by atomic mass is 15.2. The van der Waals surface area contributed by atoms with Gasteiger partial charge in [0.2, 0.25) is 0 Å². The Balaban J connectivity index is 1.96. The van der Waals surface area contributed by atoms with Crippen molar-refractivity contribution in [2.45, 2.75) is 57.7 Å². The van der Waals surface area contributed by atoms with Crippen molar-refractivity contribution in [3.8, 4) is 0 Å². The Morgan fingerprint density at radius 3 is 2.69 bits per heavy atom. The maximum absolute atomic E-state index is 3.64. The average Bonchev–Trinajstić information content (AvgIpc) is 2.74. The quantitative estimate of drug-likeness (QED) is 0.698. The lowest BCUT2D eigenvalue weighted by Gasteiger charge is -2.32. The van der Waals surface area contributed by atoms with Crippen LogP contribution in [-0.2, 0) is 0 Å². The zero-order chi connectivity index (χ0) is 9.26. The molecule has 2 atom stereocenters. The first-order valence-corrected chi connectivity index (χ1v) is 5.78. The lowest BCUT2D eigenvalue weighted by molar-refractivity contribution is 0.173. The molecule has 1 N–H and O–H groups in total. The van der Waals surface area contributed by atoms with Gasteiger partial charge in [-0.2, -0.15) is 0 Å². The molecule has 2 heteroatoms. The average molecular weight is 182 g/mol. The van der Waals surface area contributed by atoms with E-state index < -0.39 is 0 Å². The maximum atomic E-state index is 3.64. The van der Waals surface area contributed by atoms with Gasteiger partial charge >= 0.3 is 0 Å². The molecule has 13 heavy (non-hydrogen) atoms. The summed E-state index contributed by atoms with van der Waals surface area (Å²) >= 11 is 0. The molecule has 2 heterocycles. The van der Waals surface area contributed by atoms with Gasteiger partial charge in [-0.1, -0.05) is 0 Å². The van der Waals surface area contributed by atoms with E-state index in [2.05, 4.69) is 24.1 Å². The van der Waals surface area contributed by atoms with Gasteiger partial charge in [-0.15, -0.1) is 0 Å². The van der Waals surface area contributed by atoms with E-state index in [4.69, 9.17) is 0 Å². The maximum Gasteiger partial charge on any atom is 0.0252 e. The number of hydrogen-bond acceptors (Lipinski definition) is 2. The van der Waals surface area contributed by atoms with E-state index in [-0.39, 0.29) is 0 Å². The van der Waals surface area contributed by atoms with Crippen molar-refractivity contribution in [3.63, 3.8) is 0 Å². The van der Waals surface area contributed by atoms with Gasteiger partial charge in [-0.05, 0) is 52.6 Å². The molecule has 0 spiro atoms. The lowest BCUT2D eigenvalue weighted by atomic mass is 10.0. The molecule has 0 aromatic heterocycles. The summed E-state index contributed by atoms with van der Waals surface area (Å²) < 4.78 is 0. The highest BCUT2D eigenvalue weighted by Crippen LogP contribution is 2.26. The first-order chi connectivity index (χ1) is 6.29. The first-order valence-electron chi connectivity index (χ1n) is 5.78. The molecule has 2 aliphatic rings. The Morgan fingerprint density at radius 1 is 1.23 bits per heavy atom. The SMILES string of the molecule is CC(C)N1CCCC1C1CCCN1. The Morgan fingerprint density at radius 2 is 2.08 bits per heavy atom. The molecule has 2 saturated heterocycles. The largest absolute Gasteiger partial charge is 0.312 e. The third-order valence-corrected chi connectivity index (χ3v) is 3.57. The van der Waals surface area contributed by atoms with Crippen molar-refractivity contribution < 1.29 is 0 Å². The molecule has 0 amide bonds. The second-order valence-electron chi connectivity index (χ2n) is 4.74. The molecular weight excluding hydrogens is 160 g/mol. The van der Waals surface area contributed by atoms with Gasteiger partial charge in [0.1, 0.15) is 0 Å². The number of nitrogens with zero attached hydrogens (tertiary/aromatic N) is 1. The number of nitrogens with one attached hydrogen (secondary N) is 1. The summed E-state index contributed by atoms with van der Waals surface area (Å²) in [6.07, 6.45) is 5.60. The molecule has 2 unspecified atom stereocenters. The van der Waals surface area contributed by atoms with Gasteiger partial charge in [0.05, 0.1) is 0 Å². The highest BCUT2D eigenvalue weighted by molar-refractivity contribution is 4.92. The third kappa shape index (κ3) is 1.89. The summed E-state index contributed by atoms with van der Waals surface area (Å²) in [6, 6.07) is 2.36. The van der Waals surface area contributed by atoms with Crippen LogP contribution < -0.4 is 5.32 Å². The molecule has 0 aromatic carbocycles. The topological polar surface area (TPSA) is 15.3 Å². The molecule has 76 valence electrons. The Kier molecular flexibility index (Phi) is 2.89. The van der Waals surface area contributed by atoms with Gasteiger partial charge in [0, 0.05) is 18.1 Å². The van der Waals surface area contributed by atoms with Crippen LogP contribution in [0, 0.1) is 0 Å². The number of likely N-dealkylation sites (tertiary alicyclic amines) is 1. The molecule has 0 radical (unpaired) electrons. The van der Waals surface area contributed by atoms with Crippen LogP contribution in [0.2, 0.25) is 0 Å². The standard InChI is InChI=1S/C11H22N2/c1-9(2)13-8-4-6-11(13)10-5-3-7-12-10/h9-12H,3-8H2,1-2H3. The minimum absolute atomic E-state index is 0.731. The van der Waals surface area contributed by atoms with Crippen LogP contribution >= 0.6 is 0 Å². The van der Waals surface area contributed by atoms with E-state index in [1.165, 1.54) is 38.8 Å². The predicted octanol–water partition coefficient (Wildman–Crippen LogP) is 1.61. The Hall–Kier alpha value is -0.0800. The normalized spacial score (nSPS) is 36.2. The number of hydrogen-bond donors (Lipinski definition) is 1. The molecule has 2 nitrogen and oxygen atoms in total. The van der Waals surface area contributed by atoms with Crippen molar-refractivity contribution in [1.29, 1.82) is 0 Å². The van der Waals surface area contributed by atoms with Crippen LogP contribution in [0.1, 0.15) is 39.5 Å². The molecule has 2 aliphatic heterocycles. The smallest absolute Gasteiger partial charge is 0.0252 e. The summed E-state index contributed by atoms with van der Waals surface area (Å²) in [7, 11) is 0. The van der Waals surface area contributed by atoms with Crippen molar-refractivity contribution in [2.75, 3.05) is 13.1 Å². The van der Waals surface area contributed by atoms with Crippen molar-refractivity contribution in [3.05, 3.63) is 0 Å². The van der Waals surface area contributed by atoms with E-state index in [1.807, 2.05) is 0 Å². The molecule has 0 saturated carbocycles. The minimum atomic E-state index is 0.731. The molecule has 0 aliphatic carbocycles. The lowest BCUT2D eigenvalue weighted by Crippen LogP contribution is -2.46. The Labute approximate surface area is 81.7 Å². The van der Waals surface area contributed by atoms with E-state index in [0.29, 0.717) is 0 Å². The van der Waals surface area contributed by atoms with Crippen LogP contribution in [0.25, 0.3) is 0 Å². The van der Waals surface area contributed by atoms with E-state index in [0.717, 1.165) is 18.1 Å². The van der Waals surface area contributed by atoms with Gasteiger partial charge in [0.15, 0.2) is 0 Å². The second kappa shape index (κ2) is 3.97. The fourth-order valence-corrected chi connectivity index (χ4v) is 2.93. The van der Waals surface area contributed by atoms with Gasteiger partial charge < -0.3 is 5.32 Å². The van der Waals surface area contributed by atoms with Crippen molar-refractivity contribution in [2.24, 2.45) is 0 Å². The molecule has 0 bridgehead atoms. The van der Waals surface area contributed by atoms with Gasteiger partial charge in [0.25, 0.3) is 0 Å². The highest BCUT2D eigenvalue weighted by Gasteiger charge is 2.33. The third-order valence-electron chi connectivity index (χ3n) is 3.57. The fourth-order valence-electron chi connectivity index (χ4n) is 2.93. The van der Waals surface area contributed by atoms with Gasteiger partial charge in [-0.25, -0.2) is 0 Å². The number of rotatable bonds is 2. The summed E-state index contributed by atoms with van der Waals surface area (Å²) in [6.45, 7) is 7.22. The monoisotopic (exact) mass is 182 g/mol. The molecule has 2 rings (SSSR count). The summed E-state index contributed by atoms with van der Waals surface area (Å²) in [5, 5.41) is 3.64. The van der Waals surface area contributed by atoms with Crippen LogP contribution in [0.5, 0.6) is 0 Å². The Bertz CT molecular complexity index is 161. The summed E-state index contributed by atoms with van der Waals surface area (Å²) in [5.74, 6) is 0. The fraction of sp³-hybridized carbons (Fsp3) is 1.00. The second-order valence-corrected chi connectivity index (χ2v) is 4.74. The van der Waals surface area contributed by atoms with Crippen molar-refractivity contribution >= 4 is 0 Å². The van der Waals surface area contributed by atoms with Crippen LogP contribution in [0.3, 0.4) is 0 Å². The van der Waals surface area contributed by atoms with Crippen molar-refractivity contribution in [1.82, 2.24) is 10.2 Å². The van der Waals surface area contributed by atoms with Crippen LogP contribution in [0.4, 0.5) is 0 Å². The molecule has 0 aromatic rings. The van der Waals surface area contributed by atoms with Gasteiger partial charge in [-0.3, -0.25) is 4.90 Å². The molecular formula is C11H22N2. The summed E-state index contributed by atoms with van der Waals surface area (Å²) in [5.41, 5.74) is 0. The van der Waals surface area contributed by atoms with Crippen LogP contribution in [0.15, 0.2) is 0 Å². The predicted molar refractivity (Wildman–Crippen MR) is 55.9 cm³/mol. The minimum Gasteiger partial charge on any atom is -0.312 e.